The fourth-order valence-electron chi connectivity index (χ4n) is 4.02. The van der Waals surface area contributed by atoms with Gasteiger partial charge in [0.05, 0.1) is 21.1 Å². The minimum Gasteiger partial charge on any atom is -0.455 e. The molecule has 2 heterocycles. The number of hydrogen-bond acceptors (Lipinski definition) is 7. The molecule has 1 saturated carbocycles. The number of ether oxygens (including phenoxy) is 1. The highest BCUT2D eigenvalue weighted by Crippen LogP contribution is 2.41. The van der Waals surface area contributed by atoms with Crippen LogP contribution in [0.25, 0.3) is 21.6 Å². The molecule has 7 heteroatoms. The smallest absolute Gasteiger partial charge is 0.310 e. The molecular weight excluding hydrogens is 398 g/mol. The van der Waals surface area contributed by atoms with Gasteiger partial charge in [-0.1, -0.05) is 60.5 Å². The van der Waals surface area contributed by atoms with Crippen molar-refractivity contribution in [1.82, 2.24) is 15.1 Å². The summed E-state index contributed by atoms with van der Waals surface area (Å²) < 4.78 is 12.0. The number of aromatic nitrogens is 3. The maximum atomic E-state index is 12.9. The van der Waals surface area contributed by atoms with E-state index in [0.717, 1.165) is 46.5 Å². The molecule has 0 bridgehead atoms. The minimum absolute atomic E-state index is 0.0122. The Morgan fingerprint density at radius 1 is 1.03 bits per heavy atom. The minimum atomic E-state index is -0.210. The number of hydrogen-bond donors (Lipinski definition) is 0. The van der Waals surface area contributed by atoms with Gasteiger partial charge in [0.1, 0.15) is 0 Å². The standard InChI is InChI=1S/C23H21N3O3S/c27-23(28-14-20-25-21(26-29-20)15-8-2-1-3-9-15)17-11-5-4-10-16(17)22-24-18-12-6-7-13-19(18)30-22/h1-3,6-9,12-13,16-17H,4-5,10-11,14H2/t16-,17-/m1/s1. The van der Waals surface area contributed by atoms with Crippen molar-refractivity contribution in [2.24, 2.45) is 5.92 Å². The number of para-hydroxylation sites is 1. The largest absolute Gasteiger partial charge is 0.455 e. The van der Waals surface area contributed by atoms with Crippen LogP contribution in [0, 0.1) is 5.92 Å². The average molecular weight is 420 g/mol. The Bertz CT molecular complexity index is 1120. The Hall–Kier alpha value is -3.06. The van der Waals surface area contributed by atoms with Crippen LogP contribution < -0.4 is 0 Å². The first-order valence-corrected chi connectivity index (χ1v) is 11.0. The molecule has 4 aromatic rings. The number of rotatable bonds is 5. The Morgan fingerprint density at radius 3 is 2.70 bits per heavy atom. The number of carbonyl (C=O) groups excluding carboxylic acids is 1. The van der Waals surface area contributed by atoms with Gasteiger partial charge in [-0.3, -0.25) is 4.79 Å². The maximum Gasteiger partial charge on any atom is 0.310 e. The summed E-state index contributed by atoms with van der Waals surface area (Å²) in [7, 11) is 0. The maximum absolute atomic E-state index is 12.9. The molecule has 152 valence electrons. The molecule has 2 atom stereocenters. The van der Waals surface area contributed by atoms with E-state index in [2.05, 4.69) is 16.2 Å². The van der Waals surface area contributed by atoms with Crippen molar-refractivity contribution in [3.05, 3.63) is 65.5 Å². The number of fused-ring (bicyclic) bond motifs is 1. The predicted molar refractivity (Wildman–Crippen MR) is 114 cm³/mol. The number of esters is 1. The van der Waals surface area contributed by atoms with Crippen molar-refractivity contribution in [3.63, 3.8) is 0 Å². The summed E-state index contributed by atoms with van der Waals surface area (Å²) in [6.45, 7) is -0.0122. The Kier molecular flexibility index (Phi) is 5.27. The van der Waals surface area contributed by atoms with Crippen LogP contribution >= 0.6 is 11.3 Å². The third-order valence-corrected chi connectivity index (χ3v) is 6.70. The quantitative estimate of drug-likeness (QED) is 0.405. The van der Waals surface area contributed by atoms with Gasteiger partial charge in [0.15, 0.2) is 6.61 Å². The van der Waals surface area contributed by atoms with Crippen molar-refractivity contribution in [1.29, 1.82) is 0 Å². The highest BCUT2D eigenvalue weighted by Gasteiger charge is 2.35. The van der Waals surface area contributed by atoms with Gasteiger partial charge in [0.25, 0.3) is 5.89 Å². The lowest BCUT2D eigenvalue weighted by molar-refractivity contribution is -0.152. The van der Waals surface area contributed by atoms with Crippen molar-refractivity contribution >= 4 is 27.5 Å². The van der Waals surface area contributed by atoms with E-state index in [4.69, 9.17) is 14.2 Å². The lowest BCUT2D eigenvalue weighted by Crippen LogP contribution is -2.27. The summed E-state index contributed by atoms with van der Waals surface area (Å²) in [6.07, 6.45) is 3.91. The first-order valence-electron chi connectivity index (χ1n) is 10.2. The van der Waals surface area contributed by atoms with E-state index in [9.17, 15) is 4.79 Å². The Balaban J connectivity index is 1.28. The van der Waals surface area contributed by atoms with E-state index in [1.165, 1.54) is 0 Å². The van der Waals surface area contributed by atoms with Gasteiger partial charge in [-0.05, 0) is 25.0 Å². The topological polar surface area (TPSA) is 78.1 Å². The van der Waals surface area contributed by atoms with Crippen LogP contribution in [0.3, 0.4) is 0 Å². The van der Waals surface area contributed by atoms with E-state index in [1.54, 1.807) is 11.3 Å². The zero-order chi connectivity index (χ0) is 20.3. The van der Waals surface area contributed by atoms with Gasteiger partial charge < -0.3 is 9.26 Å². The van der Waals surface area contributed by atoms with Crippen molar-refractivity contribution < 1.29 is 14.1 Å². The molecule has 0 aliphatic heterocycles. The lowest BCUT2D eigenvalue weighted by Gasteiger charge is -2.28. The summed E-state index contributed by atoms with van der Waals surface area (Å²) in [5.41, 5.74) is 1.86. The Labute approximate surface area is 177 Å². The zero-order valence-electron chi connectivity index (χ0n) is 16.4. The highest BCUT2D eigenvalue weighted by molar-refractivity contribution is 7.18. The summed E-state index contributed by atoms with van der Waals surface area (Å²) in [5, 5.41) is 5.01. The SMILES string of the molecule is O=C(OCc1nc(-c2ccccc2)no1)[C@@H]1CCCC[C@H]1c1nc2ccccc2s1. The Morgan fingerprint density at radius 2 is 1.83 bits per heavy atom. The van der Waals surface area contributed by atoms with E-state index >= 15 is 0 Å². The first-order chi connectivity index (χ1) is 14.8. The van der Waals surface area contributed by atoms with Crippen LogP contribution in [0.5, 0.6) is 0 Å². The third-order valence-electron chi connectivity index (χ3n) is 5.53. The molecule has 0 amide bonds. The van der Waals surface area contributed by atoms with Crippen molar-refractivity contribution in [2.45, 2.75) is 38.2 Å². The van der Waals surface area contributed by atoms with Gasteiger partial charge in [-0.15, -0.1) is 11.3 Å². The molecule has 6 nitrogen and oxygen atoms in total. The van der Waals surface area contributed by atoms with E-state index < -0.39 is 0 Å². The van der Waals surface area contributed by atoms with Gasteiger partial charge in [0, 0.05) is 11.5 Å². The molecule has 1 aliphatic carbocycles. The third kappa shape index (κ3) is 3.85. The molecular formula is C23H21N3O3S. The number of thiazole rings is 1. The fourth-order valence-corrected chi connectivity index (χ4v) is 5.18. The van der Waals surface area contributed by atoms with E-state index in [1.807, 2.05) is 48.5 Å². The molecule has 2 aromatic carbocycles. The summed E-state index contributed by atoms with van der Waals surface area (Å²) >= 11 is 1.68. The molecule has 0 N–H and O–H groups in total. The molecule has 1 aliphatic rings. The predicted octanol–water partition coefficient (Wildman–Crippen LogP) is 5.36. The summed E-state index contributed by atoms with van der Waals surface area (Å²) in [4.78, 5) is 22.0. The second-order valence-corrected chi connectivity index (χ2v) is 8.56. The fraction of sp³-hybridized carbons (Fsp3) is 0.304. The van der Waals surface area contributed by atoms with Crippen LogP contribution in [0.4, 0.5) is 0 Å². The second kappa shape index (κ2) is 8.36. The van der Waals surface area contributed by atoms with Crippen LogP contribution in [-0.2, 0) is 16.1 Å². The molecule has 0 saturated heterocycles. The van der Waals surface area contributed by atoms with Crippen molar-refractivity contribution in [3.8, 4) is 11.4 Å². The van der Waals surface area contributed by atoms with Gasteiger partial charge in [-0.2, -0.15) is 4.98 Å². The van der Waals surface area contributed by atoms with Crippen LogP contribution in [0.1, 0.15) is 42.5 Å². The molecule has 2 aromatic heterocycles. The van der Waals surface area contributed by atoms with Crippen LogP contribution in [0.2, 0.25) is 0 Å². The van der Waals surface area contributed by atoms with Gasteiger partial charge in [0.2, 0.25) is 5.82 Å². The van der Waals surface area contributed by atoms with Gasteiger partial charge in [-0.25, -0.2) is 4.98 Å². The van der Waals surface area contributed by atoms with Crippen LogP contribution in [0.15, 0.2) is 59.1 Å². The zero-order valence-corrected chi connectivity index (χ0v) is 17.2. The second-order valence-electron chi connectivity index (χ2n) is 7.50. The van der Waals surface area contributed by atoms with Crippen LogP contribution in [-0.4, -0.2) is 21.1 Å². The molecule has 1 fully saturated rings. The monoisotopic (exact) mass is 419 g/mol. The first kappa shape index (κ1) is 18.9. The number of benzene rings is 2. The summed E-state index contributed by atoms with van der Waals surface area (Å²) in [6, 6.07) is 17.7. The van der Waals surface area contributed by atoms with E-state index in [0.29, 0.717) is 11.7 Å². The number of carbonyl (C=O) groups is 1. The molecule has 5 rings (SSSR count). The molecule has 0 unspecified atom stereocenters. The molecule has 30 heavy (non-hydrogen) atoms. The molecule has 0 radical (unpaired) electrons. The van der Waals surface area contributed by atoms with Crippen molar-refractivity contribution in [2.75, 3.05) is 0 Å². The summed E-state index contributed by atoms with van der Waals surface area (Å²) in [5.74, 6) is 0.502. The lowest BCUT2D eigenvalue weighted by atomic mass is 9.79. The number of nitrogens with zero attached hydrogens (tertiary/aromatic N) is 3. The molecule has 0 spiro atoms. The average Bonchev–Trinajstić information content (AvgIpc) is 3.45. The van der Waals surface area contributed by atoms with E-state index in [-0.39, 0.29) is 24.4 Å². The van der Waals surface area contributed by atoms with Gasteiger partial charge >= 0.3 is 5.97 Å². The normalized spacial score (nSPS) is 19.1. The highest BCUT2D eigenvalue weighted by atomic mass is 32.1.